The molecule has 0 amide bonds. The number of rotatable bonds is 5. The van der Waals surface area contributed by atoms with Gasteiger partial charge < -0.3 is 9.88 Å². The van der Waals surface area contributed by atoms with Gasteiger partial charge in [-0.05, 0) is 42.8 Å². The van der Waals surface area contributed by atoms with Crippen molar-refractivity contribution in [1.82, 2.24) is 9.88 Å². The van der Waals surface area contributed by atoms with E-state index < -0.39 is 0 Å². The highest BCUT2D eigenvalue weighted by Gasteiger charge is 2.07. The van der Waals surface area contributed by atoms with Crippen molar-refractivity contribution in [3.8, 4) is 0 Å². The minimum atomic E-state index is 0.441. The first-order valence-corrected chi connectivity index (χ1v) is 6.68. The van der Waals surface area contributed by atoms with Crippen molar-refractivity contribution in [1.29, 1.82) is 0 Å². The quantitative estimate of drug-likeness (QED) is 0.866. The van der Waals surface area contributed by atoms with Crippen molar-refractivity contribution in [2.45, 2.75) is 25.9 Å². The van der Waals surface area contributed by atoms with Gasteiger partial charge in [0, 0.05) is 30.0 Å². The molecule has 96 valence electrons. The summed E-state index contributed by atoms with van der Waals surface area (Å²) in [5, 5.41) is 4.11. The zero-order valence-electron chi connectivity index (χ0n) is 10.9. The summed E-state index contributed by atoms with van der Waals surface area (Å²) in [4.78, 5) is 0. The number of aromatic nitrogens is 1. The van der Waals surface area contributed by atoms with Crippen LogP contribution in [-0.2, 0) is 6.54 Å². The van der Waals surface area contributed by atoms with Crippen molar-refractivity contribution in [2.24, 2.45) is 0 Å². The molecule has 0 fully saturated rings. The first kappa shape index (κ1) is 13.2. The summed E-state index contributed by atoms with van der Waals surface area (Å²) in [5.74, 6) is 0. The fraction of sp³-hybridized carbons (Fsp3) is 0.333. The van der Waals surface area contributed by atoms with Gasteiger partial charge in [-0.2, -0.15) is 0 Å². The molecule has 0 bridgehead atoms. The fourth-order valence-corrected chi connectivity index (χ4v) is 2.30. The first-order valence-electron chi connectivity index (χ1n) is 6.30. The number of halogens is 1. The largest absolute Gasteiger partial charge is 0.350 e. The molecule has 1 heterocycles. The normalized spacial score (nSPS) is 12.6. The molecular weight excluding hydrogens is 244 g/mol. The Balaban J connectivity index is 2.08. The number of benzene rings is 1. The van der Waals surface area contributed by atoms with Crippen LogP contribution in [0, 0.1) is 0 Å². The molecule has 1 N–H and O–H groups in total. The molecule has 1 aromatic heterocycles. The Labute approximate surface area is 114 Å². The molecule has 0 aliphatic rings. The van der Waals surface area contributed by atoms with Crippen LogP contribution in [0.15, 0.2) is 42.7 Å². The zero-order valence-corrected chi connectivity index (χ0v) is 11.6. The highest BCUT2D eigenvalue weighted by molar-refractivity contribution is 6.30. The maximum Gasteiger partial charge on any atom is 0.0470 e. The highest BCUT2D eigenvalue weighted by Crippen LogP contribution is 2.17. The Morgan fingerprint density at radius 2 is 1.94 bits per heavy atom. The van der Waals surface area contributed by atoms with Crippen molar-refractivity contribution < 1.29 is 0 Å². The lowest BCUT2D eigenvalue weighted by Gasteiger charge is -2.11. The van der Waals surface area contributed by atoms with E-state index >= 15 is 0 Å². The average Bonchev–Trinajstić information content (AvgIpc) is 2.82. The standard InChI is InChI=1S/C15H19ClN2/c1-3-15(17-2)13-8-9-18(11-13)10-12-4-6-14(16)7-5-12/h4-9,11,15,17H,3,10H2,1-2H3. The van der Waals surface area contributed by atoms with Gasteiger partial charge in [0.05, 0.1) is 0 Å². The van der Waals surface area contributed by atoms with E-state index in [-0.39, 0.29) is 0 Å². The molecule has 2 nitrogen and oxygen atoms in total. The predicted molar refractivity (Wildman–Crippen MR) is 77.1 cm³/mol. The molecular formula is C15H19ClN2. The van der Waals surface area contributed by atoms with E-state index in [0.29, 0.717) is 6.04 Å². The summed E-state index contributed by atoms with van der Waals surface area (Å²) < 4.78 is 2.21. The number of nitrogens with zero attached hydrogens (tertiary/aromatic N) is 1. The van der Waals surface area contributed by atoms with Gasteiger partial charge in [-0.15, -0.1) is 0 Å². The van der Waals surface area contributed by atoms with Crippen LogP contribution < -0.4 is 5.32 Å². The molecule has 1 aromatic carbocycles. The van der Waals surface area contributed by atoms with Crippen LogP contribution in [0.25, 0.3) is 0 Å². The van der Waals surface area contributed by atoms with Gasteiger partial charge >= 0.3 is 0 Å². The van der Waals surface area contributed by atoms with E-state index in [4.69, 9.17) is 11.6 Å². The van der Waals surface area contributed by atoms with Crippen LogP contribution in [0.2, 0.25) is 5.02 Å². The van der Waals surface area contributed by atoms with E-state index in [0.717, 1.165) is 18.0 Å². The van der Waals surface area contributed by atoms with E-state index in [9.17, 15) is 0 Å². The molecule has 0 saturated heterocycles. The molecule has 0 aliphatic heterocycles. The summed E-state index contributed by atoms with van der Waals surface area (Å²) in [6, 6.07) is 10.6. The van der Waals surface area contributed by atoms with Crippen molar-refractivity contribution >= 4 is 11.6 Å². The van der Waals surface area contributed by atoms with Crippen LogP contribution in [0.5, 0.6) is 0 Å². The van der Waals surface area contributed by atoms with Crippen LogP contribution >= 0.6 is 11.6 Å². The van der Waals surface area contributed by atoms with Gasteiger partial charge in [0.1, 0.15) is 0 Å². The molecule has 1 atom stereocenters. The number of hydrogen-bond acceptors (Lipinski definition) is 1. The number of hydrogen-bond donors (Lipinski definition) is 1. The van der Waals surface area contributed by atoms with E-state index in [1.165, 1.54) is 11.1 Å². The minimum Gasteiger partial charge on any atom is -0.350 e. The van der Waals surface area contributed by atoms with Crippen LogP contribution in [0.4, 0.5) is 0 Å². The van der Waals surface area contributed by atoms with Gasteiger partial charge in [0.25, 0.3) is 0 Å². The van der Waals surface area contributed by atoms with Crippen LogP contribution in [0.1, 0.15) is 30.5 Å². The molecule has 2 aromatic rings. The van der Waals surface area contributed by atoms with Gasteiger partial charge in [-0.1, -0.05) is 30.7 Å². The average molecular weight is 263 g/mol. The maximum atomic E-state index is 5.88. The third-order valence-electron chi connectivity index (χ3n) is 3.21. The molecule has 0 aliphatic carbocycles. The summed E-state index contributed by atoms with van der Waals surface area (Å²) in [6.45, 7) is 3.08. The number of nitrogens with one attached hydrogen (secondary N) is 1. The summed E-state index contributed by atoms with van der Waals surface area (Å²) in [7, 11) is 2.00. The lowest BCUT2D eigenvalue weighted by Crippen LogP contribution is -2.14. The minimum absolute atomic E-state index is 0.441. The maximum absolute atomic E-state index is 5.88. The Hall–Kier alpha value is -1.25. The second-order valence-electron chi connectivity index (χ2n) is 4.49. The molecule has 1 unspecified atom stereocenters. The highest BCUT2D eigenvalue weighted by atomic mass is 35.5. The molecule has 18 heavy (non-hydrogen) atoms. The fourth-order valence-electron chi connectivity index (χ4n) is 2.17. The molecule has 0 radical (unpaired) electrons. The van der Waals surface area contributed by atoms with Gasteiger partial charge in [0.2, 0.25) is 0 Å². The lowest BCUT2D eigenvalue weighted by atomic mass is 10.1. The Morgan fingerprint density at radius 3 is 2.56 bits per heavy atom. The molecule has 0 spiro atoms. The van der Waals surface area contributed by atoms with Crippen molar-refractivity contribution in [2.75, 3.05) is 7.05 Å². The summed E-state index contributed by atoms with van der Waals surface area (Å²) in [5.41, 5.74) is 2.60. The van der Waals surface area contributed by atoms with Crippen molar-refractivity contribution in [3.63, 3.8) is 0 Å². The second kappa shape index (κ2) is 6.07. The van der Waals surface area contributed by atoms with Crippen molar-refractivity contribution in [3.05, 3.63) is 58.9 Å². The van der Waals surface area contributed by atoms with Gasteiger partial charge in [0.15, 0.2) is 0 Å². The SMILES string of the molecule is CCC(NC)c1ccn(Cc2ccc(Cl)cc2)c1. The Bertz CT molecular complexity index is 483. The van der Waals surface area contributed by atoms with E-state index in [2.05, 4.69) is 47.4 Å². The zero-order chi connectivity index (χ0) is 13.0. The van der Waals surface area contributed by atoms with Crippen LogP contribution in [-0.4, -0.2) is 11.6 Å². The predicted octanol–water partition coefficient (Wildman–Crippen LogP) is 3.86. The lowest BCUT2D eigenvalue weighted by molar-refractivity contribution is 0.575. The summed E-state index contributed by atoms with van der Waals surface area (Å²) in [6.07, 6.45) is 5.44. The molecule has 3 heteroatoms. The second-order valence-corrected chi connectivity index (χ2v) is 4.93. The van der Waals surface area contributed by atoms with E-state index in [1.54, 1.807) is 0 Å². The van der Waals surface area contributed by atoms with E-state index in [1.807, 2.05) is 19.2 Å². The molecule has 2 rings (SSSR count). The smallest absolute Gasteiger partial charge is 0.0470 e. The van der Waals surface area contributed by atoms with Crippen LogP contribution in [0.3, 0.4) is 0 Å². The summed E-state index contributed by atoms with van der Waals surface area (Å²) >= 11 is 5.88. The van der Waals surface area contributed by atoms with Gasteiger partial charge in [-0.25, -0.2) is 0 Å². The monoisotopic (exact) mass is 262 g/mol. The third-order valence-corrected chi connectivity index (χ3v) is 3.46. The third kappa shape index (κ3) is 3.15. The first-order chi connectivity index (χ1) is 8.72. The Kier molecular flexibility index (Phi) is 4.45. The molecule has 0 saturated carbocycles. The Morgan fingerprint density at radius 1 is 1.22 bits per heavy atom. The van der Waals surface area contributed by atoms with Gasteiger partial charge in [-0.3, -0.25) is 0 Å². The topological polar surface area (TPSA) is 17.0 Å².